The lowest BCUT2D eigenvalue weighted by Crippen LogP contribution is -2.08. The Bertz CT molecular complexity index is 590. The van der Waals surface area contributed by atoms with E-state index in [2.05, 4.69) is 25.9 Å². The van der Waals surface area contributed by atoms with Gasteiger partial charge in [0.15, 0.2) is 0 Å². The molecule has 0 spiro atoms. The number of aromatic nitrogens is 2. The molecular weight excluding hydrogens is 318 g/mol. The summed E-state index contributed by atoms with van der Waals surface area (Å²) >= 11 is 2.98. The Labute approximate surface area is 117 Å². The summed E-state index contributed by atoms with van der Waals surface area (Å²) in [7, 11) is 0. The van der Waals surface area contributed by atoms with Crippen LogP contribution in [0.2, 0.25) is 0 Å². The zero-order chi connectivity index (χ0) is 14.0. The molecule has 1 aromatic heterocycles. The van der Waals surface area contributed by atoms with E-state index in [0.29, 0.717) is 5.69 Å². The minimum absolute atomic E-state index is 0.158. The number of aliphatic hydroxyl groups excluding tert-OH is 1. The molecule has 0 saturated carbocycles. The quantitative estimate of drug-likeness (QED) is 0.880. The SMILES string of the molecule is Cc1cnc(C(O)Cc2c(F)ccc(Br)c2F)cn1. The minimum atomic E-state index is -1.11. The van der Waals surface area contributed by atoms with Crippen LogP contribution in [-0.4, -0.2) is 15.1 Å². The van der Waals surface area contributed by atoms with E-state index in [4.69, 9.17) is 0 Å². The van der Waals surface area contributed by atoms with Crippen LogP contribution in [0.3, 0.4) is 0 Å². The van der Waals surface area contributed by atoms with Gasteiger partial charge in [-0.25, -0.2) is 8.78 Å². The van der Waals surface area contributed by atoms with Crippen LogP contribution in [0.4, 0.5) is 8.78 Å². The molecule has 2 rings (SSSR count). The molecule has 0 aliphatic rings. The van der Waals surface area contributed by atoms with Crippen molar-refractivity contribution in [2.24, 2.45) is 0 Å². The maximum atomic E-state index is 13.8. The third-order valence-corrected chi connectivity index (χ3v) is 3.29. The lowest BCUT2D eigenvalue weighted by molar-refractivity contribution is 0.170. The first-order valence-corrected chi connectivity index (χ1v) is 6.37. The van der Waals surface area contributed by atoms with Gasteiger partial charge in [-0.3, -0.25) is 9.97 Å². The molecule has 0 radical (unpaired) electrons. The number of halogens is 3. The highest BCUT2D eigenvalue weighted by Gasteiger charge is 2.18. The third-order valence-electron chi connectivity index (χ3n) is 2.68. The van der Waals surface area contributed by atoms with Gasteiger partial charge in [-0.05, 0) is 35.0 Å². The van der Waals surface area contributed by atoms with E-state index in [1.807, 2.05) is 0 Å². The van der Waals surface area contributed by atoms with Gasteiger partial charge in [0.25, 0.3) is 0 Å². The predicted molar refractivity (Wildman–Crippen MR) is 69.5 cm³/mol. The van der Waals surface area contributed by atoms with E-state index in [1.165, 1.54) is 18.5 Å². The van der Waals surface area contributed by atoms with Crippen molar-refractivity contribution in [1.82, 2.24) is 9.97 Å². The lowest BCUT2D eigenvalue weighted by atomic mass is 10.0. The first-order valence-electron chi connectivity index (χ1n) is 5.58. The van der Waals surface area contributed by atoms with Gasteiger partial charge in [0.2, 0.25) is 0 Å². The predicted octanol–water partition coefficient (Wildman–Crippen LogP) is 3.10. The maximum absolute atomic E-state index is 13.8. The fraction of sp³-hybridized carbons (Fsp3) is 0.231. The zero-order valence-electron chi connectivity index (χ0n) is 10.1. The highest BCUT2D eigenvalue weighted by molar-refractivity contribution is 9.10. The van der Waals surface area contributed by atoms with E-state index in [0.717, 1.165) is 6.07 Å². The summed E-state index contributed by atoms with van der Waals surface area (Å²) in [4.78, 5) is 7.97. The molecule has 19 heavy (non-hydrogen) atoms. The summed E-state index contributed by atoms with van der Waals surface area (Å²) in [6, 6.07) is 2.43. The van der Waals surface area contributed by atoms with Gasteiger partial charge in [-0.15, -0.1) is 0 Å². The zero-order valence-corrected chi connectivity index (χ0v) is 11.7. The molecule has 2 aromatic rings. The molecule has 0 aliphatic carbocycles. The van der Waals surface area contributed by atoms with E-state index < -0.39 is 17.7 Å². The number of benzene rings is 1. The van der Waals surface area contributed by atoms with E-state index >= 15 is 0 Å². The van der Waals surface area contributed by atoms with Gasteiger partial charge >= 0.3 is 0 Å². The first kappa shape index (κ1) is 14.0. The van der Waals surface area contributed by atoms with Crippen LogP contribution < -0.4 is 0 Å². The van der Waals surface area contributed by atoms with Crippen molar-refractivity contribution >= 4 is 15.9 Å². The van der Waals surface area contributed by atoms with Gasteiger partial charge < -0.3 is 5.11 Å². The molecule has 1 heterocycles. The Balaban J connectivity index is 2.26. The van der Waals surface area contributed by atoms with Crippen molar-refractivity contribution in [3.63, 3.8) is 0 Å². The van der Waals surface area contributed by atoms with Crippen LogP contribution >= 0.6 is 15.9 Å². The molecule has 1 unspecified atom stereocenters. The van der Waals surface area contributed by atoms with Gasteiger partial charge in [-0.2, -0.15) is 0 Å². The lowest BCUT2D eigenvalue weighted by Gasteiger charge is -2.12. The van der Waals surface area contributed by atoms with Crippen molar-refractivity contribution in [2.45, 2.75) is 19.4 Å². The van der Waals surface area contributed by atoms with E-state index in [-0.39, 0.29) is 22.2 Å². The molecule has 0 saturated heterocycles. The molecule has 0 fully saturated rings. The Morgan fingerprint density at radius 1 is 1.26 bits per heavy atom. The van der Waals surface area contributed by atoms with Crippen LogP contribution in [0.1, 0.15) is 23.1 Å². The molecule has 3 nitrogen and oxygen atoms in total. The van der Waals surface area contributed by atoms with Gasteiger partial charge in [0.05, 0.1) is 22.1 Å². The van der Waals surface area contributed by atoms with Gasteiger partial charge in [0, 0.05) is 18.2 Å². The average molecular weight is 329 g/mol. The molecule has 6 heteroatoms. The minimum Gasteiger partial charge on any atom is -0.386 e. The second-order valence-corrected chi connectivity index (χ2v) is 4.98. The van der Waals surface area contributed by atoms with E-state index in [1.54, 1.807) is 6.92 Å². The highest BCUT2D eigenvalue weighted by atomic mass is 79.9. The van der Waals surface area contributed by atoms with Crippen LogP contribution in [0.5, 0.6) is 0 Å². The number of nitrogens with zero attached hydrogens (tertiary/aromatic N) is 2. The number of hydrogen-bond donors (Lipinski definition) is 1. The molecule has 0 aliphatic heterocycles. The van der Waals surface area contributed by atoms with Crippen LogP contribution in [0.15, 0.2) is 29.0 Å². The Hall–Kier alpha value is -1.40. The van der Waals surface area contributed by atoms with E-state index in [9.17, 15) is 13.9 Å². The number of rotatable bonds is 3. The molecule has 1 N–H and O–H groups in total. The Morgan fingerprint density at radius 2 is 2.00 bits per heavy atom. The van der Waals surface area contributed by atoms with Crippen molar-refractivity contribution in [3.05, 3.63) is 57.6 Å². The summed E-state index contributed by atoms with van der Waals surface area (Å²) in [5, 5.41) is 9.95. The van der Waals surface area contributed by atoms with Crippen LogP contribution in [0.25, 0.3) is 0 Å². The molecule has 0 amide bonds. The summed E-state index contributed by atoms with van der Waals surface area (Å²) in [6.45, 7) is 1.76. The number of hydrogen-bond acceptors (Lipinski definition) is 3. The van der Waals surface area contributed by atoms with Crippen LogP contribution in [-0.2, 0) is 6.42 Å². The fourth-order valence-electron chi connectivity index (χ4n) is 1.63. The molecule has 0 bridgehead atoms. The molecule has 100 valence electrons. The Morgan fingerprint density at radius 3 is 2.63 bits per heavy atom. The first-order chi connectivity index (χ1) is 8.99. The largest absolute Gasteiger partial charge is 0.386 e. The summed E-state index contributed by atoms with van der Waals surface area (Å²) in [6.07, 6.45) is 1.58. The summed E-state index contributed by atoms with van der Waals surface area (Å²) in [5.41, 5.74) is 0.810. The second-order valence-electron chi connectivity index (χ2n) is 4.12. The van der Waals surface area contributed by atoms with Crippen molar-refractivity contribution in [1.29, 1.82) is 0 Å². The van der Waals surface area contributed by atoms with Crippen LogP contribution in [0, 0.1) is 18.6 Å². The van der Waals surface area contributed by atoms with Gasteiger partial charge in [-0.1, -0.05) is 0 Å². The third kappa shape index (κ3) is 3.13. The second kappa shape index (κ2) is 5.71. The van der Waals surface area contributed by atoms with Crippen molar-refractivity contribution in [3.8, 4) is 0 Å². The summed E-state index contributed by atoms with van der Waals surface area (Å²) in [5.74, 6) is -1.40. The highest BCUT2D eigenvalue weighted by Crippen LogP contribution is 2.25. The number of aliphatic hydroxyl groups is 1. The topological polar surface area (TPSA) is 46.0 Å². The summed E-state index contributed by atoms with van der Waals surface area (Å²) < 4.78 is 27.5. The smallest absolute Gasteiger partial charge is 0.143 e. The number of aryl methyl sites for hydroxylation is 1. The monoisotopic (exact) mass is 328 g/mol. The average Bonchev–Trinajstić information content (AvgIpc) is 2.40. The van der Waals surface area contributed by atoms with Gasteiger partial charge in [0.1, 0.15) is 17.7 Å². The van der Waals surface area contributed by atoms with Crippen molar-refractivity contribution in [2.75, 3.05) is 0 Å². The molecular formula is C13H11BrF2N2O. The molecule has 1 atom stereocenters. The Kier molecular flexibility index (Phi) is 4.21. The fourth-order valence-corrected chi connectivity index (χ4v) is 2.00. The molecule has 1 aromatic carbocycles. The normalized spacial score (nSPS) is 12.5. The standard InChI is InChI=1S/C13H11BrF2N2O/c1-7-5-18-11(6-17-7)12(19)4-8-10(15)3-2-9(14)13(8)16/h2-3,5-6,12,19H,4H2,1H3. The van der Waals surface area contributed by atoms with Crippen molar-refractivity contribution < 1.29 is 13.9 Å². The maximum Gasteiger partial charge on any atom is 0.143 e.